The molecule has 0 unspecified atom stereocenters. The number of hydrogen-bond donors (Lipinski definition) is 2. The second-order valence-corrected chi connectivity index (χ2v) is 6.64. The number of anilines is 1. The maximum absolute atomic E-state index is 12.6. The SMILES string of the molecule is COCCCNC(=O)c1ccccc1NC(=O)[C@@H](C)Oc1ccc(C)c(C)c1. The van der Waals surface area contributed by atoms with Crippen molar-refractivity contribution in [2.24, 2.45) is 0 Å². The Bertz CT molecular complexity index is 820. The largest absolute Gasteiger partial charge is 0.481 e. The van der Waals surface area contributed by atoms with Crippen molar-refractivity contribution in [1.82, 2.24) is 5.32 Å². The zero-order chi connectivity index (χ0) is 20.5. The number of hydrogen-bond acceptors (Lipinski definition) is 4. The van der Waals surface area contributed by atoms with Crippen molar-refractivity contribution < 1.29 is 19.1 Å². The Balaban J connectivity index is 2.00. The van der Waals surface area contributed by atoms with Crippen LogP contribution in [0, 0.1) is 13.8 Å². The van der Waals surface area contributed by atoms with Gasteiger partial charge in [0.25, 0.3) is 11.8 Å². The summed E-state index contributed by atoms with van der Waals surface area (Å²) in [5.74, 6) is 0.0718. The lowest BCUT2D eigenvalue weighted by molar-refractivity contribution is -0.122. The van der Waals surface area contributed by atoms with E-state index in [4.69, 9.17) is 9.47 Å². The van der Waals surface area contributed by atoms with E-state index < -0.39 is 6.10 Å². The molecule has 0 aromatic heterocycles. The second-order valence-electron chi connectivity index (χ2n) is 6.64. The Morgan fingerprint density at radius 2 is 1.82 bits per heavy atom. The number of benzene rings is 2. The van der Waals surface area contributed by atoms with Gasteiger partial charge in [-0.25, -0.2) is 0 Å². The molecule has 2 aromatic rings. The highest BCUT2D eigenvalue weighted by molar-refractivity contribution is 6.04. The highest BCUT2D eigenvalue weighted by atomic mass is 16.5. The molecule has 2 N–H and O–H groups in total. The average molecular weight is 384 g/mol. The maximum atomic E-state index is 12.6. The Morgan fingerprint density at radius 3 is 2.54 bits per heavy atom. The van der Waals surface area contributed by atoms with E-state index in [9.17, 15) is 9.59 Å². The van der Waals surface area contributed by atoms with Gasteiger partial charge in [0.15, 0.2) is 6.10 Å². The van der Waals surface area contributed by atoms with Crippen LogP contribution in [-0.2, 0) is 9.53 Å². The third-order valence-corrected chi connectivity index (χ3v) is 4.40. The molecule has 0 spiro atoms. The molecule has 2 aromatic carbocycles. The molecule has 0 fully saturated rings. The van der Waals surface area contributed by atoms with E-state index in [0.29, 0.717) is 30.2 Å². The second kappa shape index (κ2) is 10.5. The summed E-state index contributed by atoms with van der Waals surface area (Å²) in [7, 11) is 1.62. The number of ether oxygens (including phenoxy) is 2. The summed E-state index contributed by atoms with van der Waals surface area (Å²) in [6, 6.07) is 12.6. The van der Waals surface area contributed by atoms with E-state index in [2.05, 4.69) is 10.6 Å². The van der Waals surface area contributed by atoms with Gasteiger partial charge in [-0.15, -0.1) is 0 Å². The van der Waals surface area contributed by atoms with E-state index in [1.54, 1.807) is 38.3 Å². The Morgan fingerprint density at radius 1 is 1.07 bits per heavy atom. The third kappa shape index (κ3) is 6.09. The van der Waals surface area contributed by atoms with E-state index >= 15 is 0 Å². The summed E-state index contributed by atoms with van der Waals surface area (Å²) in [6.45, 7) is 6.77. The van der Waals surface area contributed by atoms with Crippen LogP contribution in [0.3, 0.4) is 0 Å². The fraction of sp³-hybridized carbons (Fsp3) is 0.364. The normalized spacial score (nSPS) is 11.6. The Hall–Kier alpha value is -2.86. The zero-order valence-electron chi connectivity index (χ0n) is 16.9. The average Bonchev–Trinajstić information content (AvgIpc) is 2.68. The predicted molar refractivity (Wildman–Crippen MR) is 110 cm³/mol. The number of para-hydroxylation sites is 1. The molecule has 0 aliphatic rings. The maximum Gasteiger partial charge on any atom is 0.265 e. The first kappa shape index (κ1) is 21.4. The van der Waals surface area contributed by atoms with Crippen LogP contribution in [0.1, 0.15) is 34.8 Å². The van der Waals surface area contributed by atoms with Gasteiger partial charge in [-0.3, -0.25) is 9.59 Å². The minimum Gasteiger partial charge on any atom is -0.481 e. The lowest BCUT2D eigenvalue weighted by Gasteiger charge is -2.17. The summed E-state index contributed by atoms with van der Waals surface area (Å²) in [6.07, 6.45) is 0.0114. The van der Waals surface area contributed by atoms with Crippen LogP contribution >= 0.6 is 0 Å². The summed E-state index contributed by atoms with van der Waals surface area (Å²) < 4.78 is 10.7. The van der Waals surface area contributed by atoms with Crippen LogP contribution in [-0.4, -0.2) is 38.2 Å². The molecule has 28 heavy (non-hydrogen) atoms. The molecule has 0 radical (unpaired) electrons. The van der Waals surface area contributed by atoms with Crippen molar-refractivity contribution in [2.45, 2.75) is 33.3 Å². The summed E-state index contributed by atoms with van der Waals surface area (Å²) >= 11 is 0. The summed E-state index contributed by atoms with van der Waals surface area (Å²) in [5, 5.41) is 5.62. The van der Waals surface area contributed by atoms with Crippen LogP contribution in [0.5, 0.6) is 5.75 Å². The standard InChI is InChI=1S/C22H28N2O4/c1-15-10-11-18(14-16(15)2)28-17(3)21(25)24-20-9-6-5-8-19(20)22(26)23-12-7-13-27-4/h5-6,8-11,14,17H,7,12-13H2,1-4H3,(H,23,26)(H,24,25)/t17-/m1/s1. The van der Waals surface area contributed by atoms with E-state index in [1.807, 2.05) is 32.0 Å². The number of aryl methyl sites for hydroxylation is 2. The fourth-order valence-electron chi connectivity index (χ4n) is 2.58. The van der Waals surface area contributed by atoms with Crippen molar-refractivity contribution in [3.05, 3.63) is 59.2 Å². The molecule has 2 rings (SSSR count). The van der Waals surface area contributed by atoms with Crippen LogP contribution in [0.4, 0.5) is 5.69 Å². The number of carbonyl (C=O) groups is 2. The minimum absolute atomic E-state index is 0.241. The topological polar surface area (TPSA) is 76.7 Å². The predicted octanol–water partition coefficient (Wildman–Crippen LogP) is 3.48. The fourth-order valence-corrected chi connectivity index (χ4v) is 2.58. The van der Waals surface area contributed by atoms with Gasteiger partial charge in [-0.2, -0.15) is 0 Å². The molecule has 6 nitrogen and oxygen atoms in total. The van der Waals surface area contributed by atoms with Gasteiger partial charge in [-0.1, -0.05) is 18.2 Å². The van der Waals surface area contributed by atoms with Crippen LogP contribution in [0.25, 0.3) is 0 Å². The van der Waals surface area contributed by atoms with Crippen molar-refractivity contribution >= 4 is 17.5 Å². The third-order valence-electron chi connectivity index (χ3n) is 4.40. The van der Waals surface area contributed by atoms with Crippen LogP contribution in [0.2, 0.25) is 0 Å². The summed E-state index contributed by atoms with van der Waals surface area (Å²) in [5.41, 5.74) is 3.12. The molecule has 0 heterocycles. The molecular formula is C22H28N2O4. The lowest BCUT2D eigenvalue weighted by atomic mass is 10.1. The molecule has 1 atom stereocenters. The number of carbonyl (C=O) groups excluding carboxylic acids is 2. The van der Waals surface area contributed by atoms with Gasteiger partial charge in [0, 0.05) is 20.3 Å². The van der Waals surface area contributed by atoms with Crippen molar-refractivity contribution in [3.8, 4) is 5.75 Å². The molecule has 0 bridgehead atoms. The number of rotatable bonds is 9. The number of amides is 2. The first-order chi connectivity index (χ1) is 13.4. The molecular weight excluding hydrogens is 356 g/mol. The van der Waals surface area contributed by atoms with Crippen molar-refractivity contribution in [1.29, 1.82) is 0 Å². The zero-order valence-corrected chi connectivity index (χ0v) is 16.9. The Kier molecular flexibility index (Phi) is 8.02. The number of nitrogens with one attached hydrogen (secondary N) is 2. The van der Waals surface area contributed by atoms with Crippen molar-refractivity contribution in [3.63, 3.8) is 0 Å². The van der Waals surface area contributed by atoms with Gasteiger partial charge < -0.3 is 20.1 Å². The minimum atomic E-state index is -0.708. The lowest BCUT2D eigenvalue weighted by Crippen LogP contribution is -2.32. The molecule has 150 valence electrons. The number of methoxy groups -OCH3 is 1. The van der Waals surface area contributed by atoms with Crippen LogP contribution < -0.4 is 15.4 Å². The first-order valence-electron chi connectivity index (χ1n) is 9.33. The van der Waals surface area contributed by atoms with Gasteiger partial charge >= 0.3 is 0 Å². The molecule has 2 amide bonds. The van der Waals surface area contributed by atoms with Gasteiger partial charge in [0.05, 0.1) is 11.3 Å². The highest BCUT2D eigenvalue weighted by Gasteiger charge is 2.18. The molecule has 0 saturated heterocycles. The highest BCUT2D eigenvalue weighted by Crippen LogP contribution is 2.19. The molecule has 0 saturated carbocycles. The van der Waals surface area contributed by atoms with Crippen LogP contribution in [0.15, 0.2) is 42.5 Å². The smallest absolute Gasteiger partial charge is 0.265 e. The van der Waals surface area contributed by atoms with Gasteiger partial charge in [0.1, 0.15) is 5.75 Å². The molecule has 6 heteroatoms. The monoisotopic (exact) mass is 384 g/mol. The van der Waals surface area contributed by atoms with Gasteiger partial charge in [-0.05, 0) is 62.6 Å². The van der Waals surface area contributed by atoms with Gasteiger partial charge in [0.2, 0.25) is 0 Å². The summed E-state index contributed by atoms with van der Waals surface area (Å²) in [4.78, 5) is 25.0. The van der Waals surface area contributed by atoms with Crippen molar-refractivity contribution in [2.75, 3.05) is 25.6 Å². The molecule has 0 aliphatic carbocycles. The Labute approximate surface area is 166 Å². The molecule has 0 aliphatic heterocycles. The van der Waals surface area contributed by atoms with E-state index in [0.717, 1.165) is 17.5 Å². The van der Waals surface area contributed by atoms with E-state index in [1.165, 1.54) is 0 Å². The van der Waals surface area contributed by atoms with E-state index in [-0.39, 0.29) is 11.8 Å². The quantitative estimate of drug-likeness (QED) is 0.649. The first-order valence-corrected chi connectivity index (χ1v) is 9.33.